The van der Waals surface area contributed by atoms with E-state index in [0.717, 1.165) is 42.8 Å². The molecule has 0 atom stereocenters. The Morgan fingerprint density at radius 3 is 2.47 bits per heavy atom. The van der Waals surface area contributed by atoms with Crippen molar-refractivity contribution in [2.75, 3.05) is 13.1 Å². The van der Waals surface area contributed by atoms with Crippen LogP contribution in [0.3, 0.4) is 0 Å². The number of aromatic nitrogens is 3. The lowest BCUT2D eigenvalue weighted by atomic mass is 10.2. The van der Waals surface area contributed by atoms with Gasteiger partial charge in [-0.3, -0.25) is 14.6 Å². The standard InChI is InChI=1S/C23H27N5O2/c29-22(27-14-5-1-2-6-15-27)11-16-28-20-8-4-3-7-19(20)26-21(28)17-25-23(30)18-9-12-24-13-10-18/h3-4,7-10,12-13H,1-2,5-6,11,14-17H2,(H,25,30). The Morgan fingerprint density at radius 2 is 1.70 bits per heavy atom. The summed E-state index contributed by atoms with van der Waals surface area (Å²) >= 11 is 0. The summed E-state index contributed by atoms with van der Waals surface area (Å²) < 4.78 is 2.05. The molecule has 0 unspecified atom stereocenters. The van der Waals surface area contributed by atoms with E-state index in [1.165, 1.54) is 12.8 Å². The number of para-hydroxylation sites is 2. The molecule has 1 fully saturated rings. The van der Waals surface area contributed by atoms with Gasteiger partial charge in [0.05, 0.1) is 17.6 Å². The van der Waals surface area contributed by atoms with Crippen molar-refractivity contribution < 1.29 is 9.59 Å². The predicted octanol–water partition coefficient (Wildman–Crippen LogP) is 3.15. The molecule has 3 heterocycles. The number of nitrogens with zero attached hydrogens (tertiary/aromatic N) is 4. The number of rotatable bonds is 6. The van der Waals surface area contributed by atoms with Crippen LogP contribution in [0, 0.1) is 0 Å². The summed E-state index contributed by atoms with van der Waals surface area (Å²) in [7, 11) is 0. The van der Waals surface area contributed by atoms with E-state index < -0.39 is 0 Å². The van der Waals surface area contributed by atoms with E-state index in [1.54, 1.807) is 24.5 Å². The van der Waals surface area contributed by atoms with Crippen molar-refractivity contribution >= 4 is 22.8 Å². The molecule has 3 aromatic rings. The number of pyridine rings is 1. The largest absolute Gasteiger partial charge is 0.345 e. The summed E-state index contributed by atoms with van der Waals surface area (Å²) in [5.74, 6) is 0.778. The molecule has 1 N–H and O–H groups in total. The van der Waals surface area contributed by atoms with Gasteiger partial charge >= 0.3 is 0 Å². The van der Waals surface area contributed by atoms with E-state index >= 15 is 0 Å². The third-order valence-electron chi connectivity index (χ3n) is 5.59. The average molecular weight is 406 g/mol. The van der Waals surface area contributed by atoms with Crippen molar-refractivity contribution in [2.24, 2.45) is 0 Å². The second-order valence-corrected chi connectivity index (χ2v) is 7.63. The van der Waals surface area contributed by atoms with Crippen molar-refractivity contribution in [3.8, 4) is 0 Å². The van der Waals surface area contributed by atoms with Crippen LogP contribution < -0.4 is 5.32 Å². The van der Waals surface area contributed by atoms with Crippen LogP contribution in [0.2, 0.25) is 0 Å². The highest BCUT2D eigenvalue weighted by Gasteiger charge is 2.18. The SMILES string of the molecule is O=C(NCc1nc2ccccc2n1CCC(=O)N1CCCCCC1)c1ccncc1. The van der Waals surface area contributed by atoms with E-state index in [2.05, 4.69) is 14.9 Å². The Hall–Kier alpha value is -3.22. The molecule has 7 heteroatoms. The van der Waals surface area contributed by atoms with Gasteiger partial charge in [-0.15, -0.1) is 0 Å². The molecule has 2 aromatic heterocycles. The highest BCUT2D eigenvalue weighted by Crippen LogP contribution is 2.18. The van der Waals surface area contributed by atoms with Crippen LogP contribution in [0.4, 0.5) is 0 Å². The number of amides is 2. The number of nitrogens with one attached hydrogen (secondary N) is 1. The van der Waals surface area contributed by atoms with Crippen LogP contribution in [0.1, 0.15) is 48.3 Å². The predicted molar refractivity (Wildman–Crippen MR) is 115 cm³/mol. The topological polar surface area (TPSA) is 80.1 Å². The molecular weight excluding hydrogens is 378 g/mol. The van der Waals surface area contributed by atoms with Crippen LogP contribution in [0.25, 0.3) is 11.0 Å². The van der Waals surface area contributed by atoms with Crippen molar-refractivity contribution in [2.45, 2.75) is 45.2 Å². The van der Waals surface area contributed by atoms with Crippen LogP contribution in [-0.4, -0.2) is 44.3 Å². The van der Waals surface area contributed by atoms with Gasteiger partial charge in [-0.05, 0) is 37.1 Å². The molecule has 1 aliphatic heterocycles. The minimum atomic E-state index is -0.170. The maximum absolute atomic E-state index is 12.8. The molecule has 0 bridgehead atoms. The fourth-order valence-corrected chi connectivity index (χ4v) is 3.96. The van der Waals surface area contributed by atoms with Gasteiger partial charge < -0.3 is 14.8 Å². The normalized spacial score (nSPS) is 14.5. The molecule has 0 saturated carbocycles. The highest BCUT2D eigenvalue weighted by molar-refractivity contribution is 5.93. The number of hydrogen-bond donors (Lipinski definition) is 1. The Kier molecular flexibility index (Phi) is 6.37. The first-order valence-electron chi connectivity index (χ1n) is 10.6. The summed E-state index contributed by atoms with van der Waals surface area (Å²) in [5, 5.41) is 2.93. The number of aryl methyl sites for hydroxylation is 1. The lowest BCUT2D eigenvalue weighted by Gasteiger charge is -2.20. The smallest absolute Gasteiger partial charge is 0.251 e. The van der Waals surface area contributed by atoms with Gasteiger partial charge in [-0.2, -0.15) is 0 Å². The van der Waals surface area contributed by atoms with Gasteiger partial charge in [0.1, 0.15) is 5.82 Å². The summed E-state index contributed by atoms with van der Waals surface area (Å²) in [6.45, 7) is 2.57. The third-order valence-corrected chi connectivity index (χ3v) is 5.59. The fourth-order valence-electron chi connectivity index (χ4n) is 3.96. The molecule has 0 spiro atoms. The summed E-state index contributed by atoms with van der Waals surface area (Å²) in [6.07, 6.45) is 8.22. The molecular formula is C23H27N5O2. The lowest BCUT2D eigenvalue weighted by molar-refractivity contribution is -0.131. The number of likely N-dealkylation sites (tertiary alicyclic amines) is 1. The first-order chi connectivity index (χ1) is 14.7. The number of hydrogen-bond acceptors (Lipinski definition) is 4. The number of benzene rings is 1. The summed E-state index contributed by atoms with van der Waals surface area (Å²) in [4.78, 5) is 35.8. The maximum atomic E-state index is 12.8. The van der Waals surface area contributed by atoms with E-state index in [1.807, 2.05) is 29.2 Å². The Balaban J connectivity index is 1.47. The molecule has 1 aromatic carbocycles. The molecule has 0 radical (unpaired) electrons. The molecule has 4 rings (SSSR count). The molecule has 0 aliphatic carbocycles. The lowest BCUT2D eigenvalue weighted by Crippen LogP contribution is -2.32. The van der Waals surface area contributed by atoms with Gasteiger partial charge in [0.25, 0.3) is 5.91 Å². The first kappa shape index (κ1) is 20.1. The van der Waals surface area contributed by atoms with Crippen molar-refractivity contribution in [1.29, 1.82) is 0 Å². The second kappa shape index (κ2) is 9.52. The summed E-state index contributed by atoms with van der Waals surface area (Å²) in [5.41, 5.74) is 2.41. The van der Waals surface area contributed by atoms with E-state index in [-0.39, 0.29) is 11.8 Å². The van der Waals surface area contributed by atoms with Gasteiger partial charge in [-0.1, -0.05) is 25.0 Å². The van der Waals surface area contributed by atoms with Crippen LogP contribution in [0.15, 0.2) is 48.8 Å². The zero-order valence-electron chi connectivity index (χ0n) is 17.1. The maximum Gasteiger partial charge on any atom is 0.251 e. The van der Waals surface area contributed by atoms with Gasteiger partial charge in [0, 0.05) is 44.0 Å². The second-order valence-electron chi connectivity index (χ2n) is 7.63. The average Bonchev–Trinajstić information content (AvgIpc) is 2.93. The van der Waals surface area contributed by atoms with E-state index in [4.69, 9.17) is 4.98 Å². The van der Waals surface area contributed by atoms with Gasteiger partial charge in [0.2, 0.25) is 5.91 Å². The Morgan fingerprint density at radius 1 is 0.967 bits per heavy atom. The minimum absolute atomic E-state index is 0.170. The van der Waals surface area contributed by atoms with Crippen LogP contribution in [0.5, 0.6) is 0 Å². The highest BCUT2D eigenvalue weighted by atomic mass is 16.2. The first-order valence-corrected chi connectivity index (χ1v) is 10.6. The number of imidazole rings is 1. The molecule has 1 saturated heterocycles. The van der Waals surface area contributed by atoms with Gasteiger partial charge in [-0.25, -0.2) is 4.98 Å². The molecule has 156 valence electrons. The molecule has 2 amide bonds. The monoisotopic (exact) mass is 405 g/mol. The van der Waals surface area contributed by atoms with Crippen molar-refractivity contribution in [1.82, 2.24) is 24.8 Å². The van der Waals surface area contributed by atoms with E-state index in [9.17, 15) is 9.59 Å². The van der Waals surface area contributed by atoms with E-state index in [0.29, 0.717) is 25.1 Å². The molecule has 30 heavy (non-hydrogen) atoms. The summed E-state index contributed by atoms with van der Waals surface area (Å²) in [6, 6.07) is 11.2. The zero-order chi connectivity index (χ0) is 20.8. The van der Waals surface area contributed by atoms with Gasteiger partial charge in [0.15, 0.2) is 0 Å². The molecule has 7 nitrogen and oxygen atoms in total. The minimum Gasteiger partial charge on any atom is -0.345 e. The zero-order valence-corrected chi connectivity index (χ0v) is 17.1. The molecule has 1 aliphatic rings. The Labute approximate surface area is 176 Å². The third kappa shape index (κ3) is 4.67. The van der Waals surface area contributed by atoms with Crippen molar-refractivity contribution in [3.05, 3.63) is 60.2 Å². The number of carbonyl (C=O) groups is 2. The fraction of sp³-hybridized carbons (Fsp3) is 0.391. The Bertz CT molecular complexity index is 1010. The van der Waals surface area contributed by atoms with Crippen LogP contribution in [-0.2, 0) is 17.9 Å². The van der Waals surface area contributed by atoms with Crippen LogP contribution >= 0.6 is 0 Å². The van der Waals surface area contributed by atoms with Crippen molar-refractivity contribution in [3.63, 3.8) is 0 Å². The quantitative estimate of drug-likeness (QED) is 0.683. The number of carbonyl (C=O) groups excluding carboxylic acids is 2. The number of fused-ring (bicyclic) bond motifs is 1.